The Morgan fingerprint density at radius 2 is 1.60 bits per heavy atom. The largest absolute Gasteiger partial charge is 0.508 e. The number of phenolic OH excluding ortho intramolecular Hbond substituents is 1. The number of aryl methyl sites for hydroxylation is 1. The second-order valence-corrected chi connectivity index (χ2v) is 7.95. The molecule has 0 fully saturated rings. The van der Waals surface area contributed by atoms with Crippen LogP contribution >= 0.6 is 0 Å². The van der Waals surface area contributed by atoms with Crippen LogP contribution in [0.25, 0.3) is 0 Å². The maximum atomic E-state index is 10.3. The summed E-state index contributed by atoms with van der Waals surface area (Å²) in [4.78, 5) is 0. The Morgan fingerprint density at radius 1 is 0.867 bits per heavy atom. The Kier molecular flexibility index (Phi) is 17.0. The minimum absolute atomic E-state index is 0.409. The zero-order valence-corrected chi connectivity index (χ0v) is 19.2. The van der Waals surface area contributed by atoms with Crippen LogP contribution in [0.15, 0.2) is 42.5 Å². The van der Waals surface area contributed by atoms with Crippen LogP contribution in [0.1, 0.15) is 75.8 Å². The van der Waals surface area contributed by atoms with Gasteiger partial charge in [0.1, 0.15) is 5.75 Å². The van der Waals surface area contributed by atoms with Gasteiger partial charge in [0.05, 0.1) is 0 Å². The molecule has 0 spiro atoms. The lowest BCUT2D eigenvalue weighted by Gasteiger charge is -2.09. The van der Waals surface area contributed by atoms with Crippen molar-refractivity contribution >= 4 is 0 Å². The first-order chi connectivity index (χ1) is 14.8. The minimum Gasteiger partial charge on any atom is -0.508 e. The summed E-state index contributed by atoms with van der Waals surface area (Å²) in [7, 11) is 0. The first-order valence-corrected chi connectivity index (χ1v) is 12.0. The molecule has 0 aromatic heterocycles. The van der Waals surface area contributed by atoms with Gasteiger partial charge in [0.25, 0.3) is 0 Å². The fourth-order valence-corrected chi connectivity index (χ4v) is 3.34. The molecule has 0 aliphatic rings. The number of nitrogens with one attached hydrogen (secondary N) is 2. The Bertz CT molecular complexity index is 584. The number of phenols is 1. The molecule has 0 bridgehead atoms. The number of benzene rings is 1. The monoisotopic (exact) mass is 415 g/mol. The van der Waals surface area contributed by atoms with Crippen molar-refractivity contribution < 1.29 is 5.11 Å². The third-order valence-electron chi connectivity index (χ3n) is 5.16. The summed E-state index contributed by atoms with van der Waals surface area (Å²) in [6.45, 7) is 6.17. The van der Waals surface area contributed by atoms with E-state index in [1.807, 2.05) is 6.07 Å². The molecule has 170 valence electrons. The van der Waals surface area contributed by atoms with Crippen molar-refractivity contribution in [2.24, 2.45) is 5.73 Å². The molecule has 0 saturated carbocycles. The molecule has 0 saturated heterocycles. The molecule has 0 atom stereocenters. The van der Waals surface area contributed by atoms with Crippen molar-refractivity contribution in [3.63, 3.8) is 0 Å². The molecule has 0 aliphatic carbocycles. The number of nitrogens with two attached hydrogens (primary N) is 1. The molecular weight excluding hydrogens is 370 g/mol. The van der Waals surface area contributed by atoms with Gasteiger partial charge in [-0.1, -0.05) is 69.0 Å². The average molecular weight is 416 g/mol. The highest BCUT2D eigenvalue weighted by Crippen LogP contribution is 2.20. The van der Waals surface area contributed by atoms with Crippen LogP contribution in [-0.2, 0) is 13.0 Å². The average Bonchev–Trinajstić information content (AvgIpc) is 2.75. The lowest BCUT2D eigenvalue weighted by atomic mass is 10.0. The maximum absolute atomic E-state index is 10.3. The summed E-state index contributed by atoms with van der Waals surface area (Å²) in [6, 6.07) is 6.14. The highest BCUT2D eigenvalue weighted by atomic mass is 16.3. The number of unbranched alkanes of at least 4 members (excludes halogenated alkanes) is 6. The van der Waals surface area contributed by atoms with Gasteiger partial charge >= 0.3 is 0 Å². The number of allylic oxidation sites excluding steroid dienone is 4. The number of aromatic hydroxyl groups is 1. The molecule has 0 heterocycles. The zero-order chi connectivity index (χ0) is 21.7. The van der Waals surface area contributed by atoms with E-state index in [0.29, 0.717) is 18.8 Å². The van der Waals surface area contributed by atoms with Crippen LogP contribution in [0.4, 0.5) is 0 Å². The normalized spacial score (nSPS) is 11.8. The first kappa shape index (κ1) is 26.4. The van der Waals surface area contributed by atoms with Crippen LogP contribution in [0, 0.1) is 0 Å². The summed E-state index contributed by atoms with van der Waals surface area (Å²) in [5.41, 5.74) is 7.65. The Hall–Kier alpha value is -1.62. The van der Waals surface area contributed by atoms with Gasteiger partial charge in [-0.15, -0.1) is 0 Å². The highest BCUT2D eigenvalue weighted by Gasteiger charge is 2.03. The molecule has 0 aliphatic heterocycles. The van der Waals surface area contributed by atoms with Gasteiger partial charge in [-0.25, -0.2) is 0 Å². The quantitative estimate of drug-likeness (QED) is 0.185. The predicted molar refractivity (Wildman–Crippen MR) is 131 cm³/mol. The summed E-state index contributed by atoms with van der Waals surface area (Å²) in [5, 5.41) is 16.8. The topological polar surface area (TPSA) is 70.3 Å². The van der Waals surface area contributed by atoms with Crippen molar-refractivity contribution in [1.29, 1.82) is 0 Å². The van der Waals surface area contributed by atoms with E-state index in [9.17, 15) is 5.11 Å². The fraction of sp³-hybridized carbons (Fsp3) is 0.615. The molecule has 30 heavy (non-hydrogen) atoms. The van der Waals surface area contributed by atoms with Gasteiger partial charge in [-0.05, 0) is 50.2 Å². The minimum atomic E-state index is 0.409. The smallest absolute Gasteiger partial charge is 0.120 e. The molecule has 1 aromatic carbocycles. The van der Waals surface area contributed by atoms with Crippen molar-refractivity contribution in [3.8, 4) is 5.75 Å². The highest BCUT2D eigenvalue weighted by molar-refractivity contribution is 5.36. The summed E-state index contributed by atoms with van der Waals surface area (Å²) >= 11 is 0. The van der Waals surface area contributed by atoms with Crippen molar-refractivity contribution in [2.45, 2.75) is 77.7 Å². The Balaban J connectivity index is 2.05. The van der Waals surface area contributed by atoms with Gasteiger partial charge in [-0.3, -0.25) is 0 Å². The third kappa shape index (κ3) is 14.4. The number of hydrogen-bond donors (Lipinski definition) is 4. The number of hydrogen-bond acceptors (Lipinski definition) is 4. The standard InChI is InChI=1S/C26H45N3O/c1-2-3-4-5-6-7-8-9-10-11-12-13-14-15-24-16-17-25(26(30)22-24)23-29-21-20-28-19-18-27/h4-5,7-8,16-17,22,28-30H,2-3,6,9-15,18-21,23,27H2,1H3/b5-4?,8-7+. The molecule has 0 unspecified atom stereocenters. The van der Waals surface area contributed by atoms with Gasteiger partial charge in [0, 0.05) is 38.3 Å². The molecule has 0 radical (unpaired) electrons. The fourth-order valence-electron chi connectivity index (χ4n) is 3.34. The van der Waals surface area contributed by atoms with E-state index in [2.05, 4.69) is 54.0 Å². The van der Waals surface area contributed by atoms with E-state index in [1.54, 1.807) is 0 Å². The van der Waals surface area contributed by atoms with E-state index >= 15 is 0 Å². The molecule has 1 aromatic rings. The van der Waals surface area contributed by atoms with E-state index in [-0.39, 0.29) is 0 Å². The third-order valence-corrected chi connectivity index (χ3v) is 5.16. The number of rotatable bonds is 19. The maximum Gasteiger partial charge on any atom is 0.120 e. The predicted octanol–water partition coefficient (Wildman–Crippen LogP) is 5.22. The van der Waals surface area contributed by atoms with Crippen LogP contribution in [-0.4, -0.2) is 31.3 Å². The van der Waals surface area contributed by atoms with Crippen LogP contribution in [0.3, 0.4) is 0 Å². The second-order valence-electron chi connectivity index (χ2n) is 7.95. The van der Waals surface area contributed by atoms with Crippen LogP contribution in [0.2, 0.25) is 0 Å². The first-order valence-electron chi connectivity index (χ1n) is 12.0. The molecule has 1 rings (SSSR count). The molecular formula is C26H45N3O. The Morgan fingerprint density at radius 3 is 2.37 bits per heavy atom. The molecule has 5 N–H and O–H groups in total. The molecule has 4 heteroatoms. The van der Waals surface area contributed by atoms with Gasteiger partial charge < -0.3 is 21.5 Å². The lowest BCUT2D eigenvalue weighted by molar-refractivity contribution is 0.463. The van der Waals surface area contributed by atoms with Crippen molar-refractivity contribution in [3.05, 3.63) is 53.6 Å². The Labute approximate surface area is 185 Å². The van der Waals surface area contributed by atoms with E-state index in [4.69, 9.17) is 5.73 Å². The van der Waals surface area contributed by atoms with Crippen LogP contribution in [0.5, 0.6) is 5.75 Å². The van der Waals surface area contributed by atoms with Gasteiger partial charge in [0.2, 0.25) is 0 Å². The lowest BCUT2D eigenvalue weighted by Crippen LogP contribution is -2.30. The molecule has 4 nitrogen and oxygen atoms in total. The van der Waals surface area contributed by atoms with Gasteiger partial charge in [0.15, 0.2) is 0 Å². The van der Waals surface area contributed by atoms with Crippen molar-refractivity contribution in [1.82, 2.24) is 10.6 Å². The summed E-state index contributed by atoms with van der Waals surface area (Å²) < 4.78 is 0. The second kappa shape index (κ2) is 19.3. The van der Waals surface area contributed by atoms with Crippen molar-refractivity contribution in [2.75, 3.05) is 26.2 Å². The van der Waals surface area contributed by atoms with Crippen LogP contribution < -0.4 is 16.4 Å². The van der Waals surface area contributed by atoms with Gasteiger partial charge in [-0.2, -0.15) is 0 Å². The summed E-state index contributed by atoms with van der Waals surface area (Å²) in [6.07, 6.45) is 21.3. The SMILES string of the molecule is CCCC=CC/C=C/CCCCCCCc1ccc(CNCCNCCN)c(O)c1. The van der Waals surface area contributed by atoms with E-state index in [1.165, 1.54) is 56.9 Å². The molecule has 0 amide bonds. The zero-order valence-electron chi connectivity index (χ0n) is 19.2. The van der Waals surface area contributed by atoms with E-state index < -0.39 is 0 Å². The van der Waals surface area contributed by atoms with E-state index in [0.717, 1.165) is 38.0 Å². The summed E-state index contributed by atoms with van der Waals surface area (Å²) in [5.74, 6) is 0.409.